The number of ether oxygens (including phenoxy) is 1. The van der Waals surface area contributed by atoms with Crippen molar-refractivity contribution in [2.45, 2.75) is 38.8 Å². The summed E-state index contributed by atoms with van der Waals surface area (Å²) in [7, 11) is 5.94. The van der Waals surface area contributed by atoms with Gasteiger partial charge in [-0.15, -0.1) is 0 Å². The highest BCUT2D eigenvalue weighted by Gasteiger charge is 2.19. The molecule has 0 unspecified atom stereocenters. The van der Waals surface area contributed by atoms with Crippen molar-refractivity contribution in [3.63, 3.8) is 0 Å². The predicted molar refractivity (Wildman–Crippen MR) is 114 cm³/mol. The third kappa shape index (κ3) is 8.18. The molecule has 1 aliphatic heterocycles. The van der Waals surface area contributed by atoms with Crippen LogP contribution in [0.3, 0.4) is 0 Å². The van der Waals surface area contributed by atoms with E-state index in [0.29, 0.717) is 12.6 Å². The van der Waals surface area contributed by atoms with Gasteiger partial charge < -0.3 is 25.2 Å². The predicted octanol–water partition coefficient (Wildman–Crippen LogP) is 2.17. The van der Waals surface area contributed by atoms with E-state index in [4.69, 9.17) is 4.74 Å². The number of hydrogen-bond acceptors (Lipinski definition) is 4. The van der Waals surface area contributed by atoms with Gasteiger partial charge in [0, 0.05) is 39.3 Å². The molecule has 0 aliphatic carbocycles. The van der Waals surface area contributed by atoms with E-state index in [-0.39, 0.29) is 0 Å². The summed E-state index contributed by atoms with van der Waals surface area (Å²) in [5, 5.41) is 7.01. The number of nitrogens with one attached hydrogen (secondary N) is 2. The molecule has 6 nitrogen and oxygen atoms in total. The maximum absolute atomic E-state index is 5.82. The first kappa shape index (κ1) is 21.5. The van der Waals surface area contributed by atoms with Gasteiger partial charge in [0.05, 0.1) is 0 Å². The van der Waals surface area contributed by atoms with Crippen LogP contribution in [0.25, 0.3) is 0 Å². The SMILES string of the molecule is CCCN1CCC(NC(=NC)NCc2cccc(OCCN(C)C)c2)CC1. The Morgan fingerprint density at radius 1 is 1.30 bits per heavy atom. The normalized spacial score (nSPS) is 16.6. The number of nitrogens with zero attached hydrogens (tertiary/aromatic N) is 3. The number of aliphatic imine (C=N–C) groups is 1. The van der Waals surface area contributed by atoms with Gasteiger partial charge in [-0.1, -0.05) is 19.1 Å². The number of hydrogen-bond donors (Lipinski definition) is 2. The Kier molecular flexibility index (Phi) is 9.42. The van der Waals surface area contributed by atoms with E-state index in [0.717, 1.165) is 24.8 Å². The molecule has 0 saturated carbocycles. The molecular weight excluding hydrogens is 338 g/mol. The highest BCUT2D eigenvalue weighted by Crippen LogP contribution is 2.13. The summed E-state index contributed by atoms with van der Waals surface area (Å²) in [4.78, 5) is 9.06. The largest absolute Gasteiger partial charge is 0.492 e. The minimum absolute atomic E-state index is 0.505. The van der Waals surface area contributed by atoms with E-state index in [9.17, 15) is 0 Å². The van der Waals surface area contributed by atoms with Gasteiger partial charge in [0.2, 0.25) is 0 Å². The molecule has 1 aliphatic rings. The summed E-state index contributed by atoms with van der Waals surface area (Å²) in [5.41, 5.74) is 1.19. The Bertz CT molecular complexity index is 567. The summed E-state index contributed by atoms with van der Waals surface area (Å²) in [6.07, 6.45) is 3.59. The maximum Gasteiger partial charge on any atom is 0.191 e. The second-order valence-electron chi connectivity index (χ2n) is 7.49. The lowest BCUT2D eigenvalue weighted by atomic mass is 10.1. The molecule has 27 heavy (non-hydrogen) atoms. The highest BCUT2D eigenvalue weighted by atomic mass is 16.5. The molecular formula is C21H37N5O. The van der Waals surface area contributed by atoms with Gasteiger partial charge in [-0.2, -0.15) is 0 Å². The van der Waals surface area contributed by atoms with Gasteiger partial charge in [-0.05, 0) is 57.6 Å². The van der Waals surface area contributed by atoms with Crippen LogP contribution in [-0.4, -0.2) is 75.7 Å². The number of rotatable bonds is 9. The summed E-state index contributed by atoms with van der Waals surface area (Å²) >= 11 is 0. The topological polar surface area (TPSA) is 52.1 Å². The maximum atomic E-state index is 5.82. The third-order valence-electron chi connectivity index (χ3n) is 4.86. The van der Waals surface area contributed by atoms with Crippen molar-refractivity contribution in [2.75, 3.05) is 53.9 Å². The van der Waals surface area contributed by atoms with Crippen molar-refractivity contribution < 1.29 is 4.74 Å². The van der Waals surface area contributed by atoms with Crippen molar-refractivity contribution in [3.05, 3.63) is 29.8 Å². The molecule has 2 rings (SSSR count). The zero-order valence-electron chi connectivity index (χ0n) is 17.5. The van der Waals surface area contributed by atoms with Gasteiger partial charge in [0.15, 0.2) is 5.96 Å². The second-order valence-corrected chi connectivity index (χ2v) is 7.49. The summed E-state index contributed by atoms with van der Waals surface area (Å²) in [5.74, 6) is 1.80. The molecule has 1 saturated heterocycles. The van der Waals surface area contributed by atoms with Crippen LogP contribution in [0.1, 0.15) is 31.7 Å². The average molecular weight is 376 g/mol. The first-order chi connectivity index (χ1) is 13.1. The first-order valence-corrected chi connectivity index (χ1v) is 10.2. The van der Waals surface area contributed by atoms with E-state index < -0.39 is 0 Å². The molecule has 0 spiro atoms. The van der Waals surface area contributed by atoms with Crippen LogP contribution in [0.4, 0.5) is 0 Å². The molecule has 2 N–H and O–H groups in total. The molecule has 1 aromatic rings. The zero-order valence-corrected chi connectivity index (χ0v) is 17.5. The molecule has 1 aromatic carbocycles. The Labute approximate surface area is 165 Å². The van der Waals surface area contributed by atoms with Crippen LogP contribution < -0.4 is 15.4 Å². The lowest BCUT2D eigenvalue weighted by molar-refractivity contribution is 0.206. The van der Waals surface area contributed by atoms with E-state index >= 15 is 0 Å². The first-order valence-electron chi connectivity index (χ1n) is 10.2. The Morgan fingerprint density at radius 2 is 2.07 bits per heavy atom. The fourth-order valence-electron chi connectivity index (χ4n) is 3.28. The van der Waals surface area contributed by atoms with Crippen LogP contribution in [0, 0.1) is 0 Å². The number of likely N-dealkylation sites (N-methyl/N-ethyl adjacent to an activating group) is 1. The Balaban J connectivity index is 1.75. The van der Waals surface area contributed by atoms with Crippen molar-refractivity contribution >= 4 is 5.96 Å². The molecule has 1 fully saturated rings. The molecule has 0 aromatic heterocycles. The van der Waals surface area contributed by atoms with E-state index in [1.807, 2.05) is 19.2 Å². The molecule has 152 valence electrons. The lowest BCUT2D eigenvalue weighted by Gasteiger charge is -2.32. The number of benzene rings is 1. The van der Waals surface area contributed by atoms with Gasteiger partial charge in [-0.25, -0.2) is 0 Å². The van der Waals surface area contributed by atoms with Gasteiger partial charge in [0.25, 0.3) is 0 Å². The molecule has 6 heteroatoms. The van der Waals surface area contributed by atoms with E-state index in [1.165, 1.54) is 44.5 Å². The third-order valence-corrected chi connectivity index (χ3v) is 4.86. The minimum atomic E-state index is 0.505. The molecule has 1 heterocycles. The smallest absolute Gasteiger partial charge is 0.191 e. The monoisotopic (exact) mass is 375 g/mol. The van der Waals surface area contributed by atoms with Crippen molar-refractivity contribution in [3.8, 4) is 5.75 Å². The van der Waals surface area contributed by atoms with E-state index in [1.54, 1.807) is 0 Å². The van der Waals surface area contributed by atoms with Crippen LogP contribution in [-0.2, 0) is 6.54 Å². The quantitative estimate of drug-likeness (QED) is 0.512. The molecule has 0 bridgehead atoms. The number of guanidine groups is 1. The average Bonchev–Trinajstić information content (AvgIpc) is 2.67. The lowest BCUT2D eigenvalue weighted by Crippen LogP contribution is -2.48. The molecule has 0 atom stereocenters. The van der Waals surface area contributed by atoms with Crippen LogP contribution in [0.15, 0.2) is 29.3 Å². The highest BCUT2D eigenvalue weighted by molar-refractivity contribution is 5.79. The van der Waals surface area contributed by atoms with Gasteiger partial charge >= 0.3 is 0 Å². The van der Waals surface area contributed by atoms with Crippen LogP contribution in [0.5, 0.6) is 5.75 Å². The van der Waals surface area contributed by atoms with Crippen molar-refractivity contribution in [1.82, 2.24) is 20.4 Å². The fourth-order valence-corrected chi connectivity index (χ4v) is 3.28. The standard InChI is InChI=1S/C21H37N5O/c1-5-11-26-12-9-19(10-13-26)24-21(22-2)23-17-18-7-6-8-20(16-18)27-15-14-25(3)4/h6-8,16,19H,5,9-15,17H2,1-4H3,(H2,22,23,24). The van der Waals surface area contributed by atoms with E-state index in [2.05, 4.69) is 58.6 Å². The summed E-state index contributed by atoms with van der Waals surface area (Å²) in [6, 6.07) is 8.77. The molecule has 0 amide bonds. The van der Waals surface area contributed by atoms with Crippen LogP contribution >= 0.6 is 0 Å². The summed E-state index contributed by atoms with van der Waals surface area (Å²) in [6.45, 7) is 8.16. The summed E-state index contributed by atoms with van der Waals surface area (Å²) < 4.78 is 5.82. The van der Waals surface area contributed by atoms with Crippen LogP contribution in [0.2, 0.25) is 0 Å². The van der Waals surface area contributed by atoms with Gasteiger partial charge in [0.1, 0.15) is 12.4 Å². The Morgan fingerprint density at radius 3 is 2.74 bits per heavy atom. The number of likely N-dealkylation sites (tertiary alicyclic amines) is 1. The number of piperidine rings is 1. The van der Waals surface area contributed by atoms with Crippen molar-refractivity contribution in [1.29, 1.82) is 0 Å². The minimum Gasteiger partial charge on any atom is -0.492 e. The molecule has 0 radical (unpaired) electrons. The second kappa shape index (κ2) is 11.8. The fraction of sp³-hybridized carbons (Fsp3) is 0.667. The van der Waals surface area contributed by atoms with Crippen molar-refractivity contribution in [2.24, 2.45) is 4.99 Å². The Hall–Kier alpha value is -1.79. The van der Waals surface area contributed by atoms with Gasteiger partial charge in [-0.3, -0.25) is 4.99 Å². The zero-order chi connectivity index (χ0) is 19.5.